The molecule has 2 heterocycles. The van der Waals surface area contributed by atoms with Crippen molar-refractivity contribution in [1.29, 1.82) is 0 Å². The van der Waals surface area contributed by atoms with Gasteiger partial charge in [-0.1, -0.05) is 52.9 Å². The number of hydrogen-bond acceptors (Lipinski definition) is 6. The van der Waals surface area contributed by atoms with Crippen LogP contribution in [0.15, 0.2) is 53.1 Å². The van der Waals surface area contributed by atoms with Crippen LogP contribution in [0.1, 0.15) is 21.6 Å². The van der Waals surface area contributed by atoms with Gasteiger partial charge in [0.25, 0.3) is 5.91 Å². The first-order valence-corrected chi connectivity index (χ1v) is 10.6. The molecule has 8 heteroatoms. The van der Waals surface area contributed by atoms with Gasteiger partial charge in [-0.15, -0.1) is 12.4 Å². The fraction of sp³-hybridized carbons (Fsp3) is 0.261. The maximum atomic E-state index is 13.4. The Morgan fingerprint density at radius 3 is 2.52 bits per heavy atom. The first-order chi connectivity index (χ1) is 14.4. The van der Waals surface area contributed by atoms with Crippen molar-refractivity contribution >= 4 is 45.0 Å². The van der Waals surface area contributed by atoms with Crippen LogP contribution >= 0.6 is 23.7 Å². The molecule has 0 aliphatic rings. The summed E-state index contributed by atoms with van der Waals surface area (Å²) in [5.74, 6) is 0.360. The number of aromatic nitrogens is 2. The minimum Gasteiger partial charge on any atom is -0.355 e. The highest BCUT2D eigenvalue weighted by Crippen LogP contribution is 2.33. The number of rotatable bonds is 6. The number of fused-ring (bicyclic) bond motifs is 1. The van der Waals surface area contributed by atoms with Gasteiger partial charge < -0.3 is 9.42 Å². The van der Waals surface area contributed by atoms with E-state index in [1.54, 1.807) is 11.0 Å². The molecule has 0 unspecified atom stereocenters. The van der Waals surface area contributed by atoms with E-state index in [2.05, 4.69) is 31.1 Å². The fourth-order valence-electron chi connectivity index (χ4n) is 3.32. The van der Waals surface area contributed by atoms with Crippen LogP contribution in [0.3, 0.4) is 0 Å². The largest absolute Gasteiger partial charge is 0.355 e. The summed E-state index contributed by atoms with van der Waals surface area (Å²) in [5, 5.41) is 4.72. The Morgan fingerprint density at radius 1 is 1.06 bits per heavy atom. The normalized spacial score (nSPS) is 11.0. The highest BCUT2D eigenvalue weighted by Gasteiger charge is 2.25. The quantitative estimate of drug-likeness (QED) is 0.399. The third-order valence-corrected chi connectivity index (χ3v) is 6.07. The lowest BCUT2D eigenvalue weighted by Crippen LogP contribution is -2.36. The molecule has 4 rings (SSSR count). The standard InChI is InChI=1S/C23H24N4O2S.ClH/c1-15-12-16(2)21-18(13-15)24-23(30-21)27(11-10-26(3)4)22(28)19-14-20(29-25-19)17-8-6-5-7-9-17;/h5-9,12-14H,10-11H2,1-4H3;1H. The summed E-state index contributed by atoms with van der Waals surface area (Å²) in [6.07, 6.45) is 0. The van der Waals surface area contributed by atoms with Crippen molar-refractivity contribution in [1.82, 2.24) is 15.0 Å². The number of amides is 1. The number of aryl methyl sites for hydroxylation is 2. The molecule has 31 heavy (non-hydrogen) atoms. The Kier molecular flexibility index (Phi) is 7.10. The molecule has 0 fully saturated rings. The molecule has 2 aromatic carbocycles. The molecule has 2 aromatic heterocycles. The van der Waals surface area contributed by atoms with Gasteiger partial charge in [0.05, 0.1) is 10.2 Å². The Hall–Kier alpha value is -2.74. The second-order valence-electron chi connectivity index (χ2n) is 7.63. The summed E-state index contributed by atoms with van der Waals surface area (Å²) in [5.41, 5.74) is 4.41. The highest BCUT2D eigenvalue weighted by atomic mass is 35.5. The molecule has 0 saturated carbocycles. The molecular formula is C23H25ClN4O2S. The highest BCUT2D eigenvalue weighted by molar-refractivity contribution is 7.22. The predicted octanol–water partition coefficient (Wildman–Crippen LogP) is 5.20. The van der Waals surface area contributed by atoms with E-state index in [1.165, 1.54) is 16.9 Å². The molecule has 1 amide bonds. The van der Waals surface area contributed by atoms with E-state index in [9.17, 15) is 4.79 Å². The maximum Gasteiger partial charge on any atom is 0.282 e. The van der Waals surface area contributed by atoms with Crippen LogP contribution in [0.4, 0.5) is 5.13 Å². The van der Waals surface area contributed by atoms with Crippen LogP contribution in [-0.4, -0.2) is 48.1 Å². The van der Waals surface area contributed by atoms with Crippen molar-refractivity contribution in [2.24, 2.45) is 0 Å². The van der Waals surface area contributed by atoms with Gasteiger partial charge >= 0.3 is 0 Å². The molecule has 0 N–H and O–H groups in total. The number of anilines is 1. The van der Waals surface area contributed by atoms with Crippen LogP contribution in [0, 0.1) is 13.8 Å². The summed E-state index contributed by atoms with van der Waals surface area (Å²) in [7, 11) is 3.97. The van der Waals surface area contributed by atoms with Gasteiger partial charge in [-0.3, -0.25) is 9.69 Å². The molecule has 0 bridgehead atoms. The second-order valence-corrected chi connectivity index (χ2v) is 8.61. The lowest BCUT2D eigenvalue weighted by Gasteiger charge is -2.20. The summed E-state index contributed by atoms with van der Waals surface area (Å²) in [6.45, 7) is 5.36. The molecule has 0 aliphatic carbocycles. The Bertz CT molecular complexity index is 1190. The van der Waals surface area contributed by atoms with Gasteiger partial charge in [-0.25, -0.2) is 4.98 Å². The number of nitrogens with zero attached hydrogens (tertiary/aromatic N) is 4. The van der Waals surface area contributed by atoms with E-state index in [-0.39, 0.29) is 24.0 Å². The smallest absolute Gasteiger partial charge is 0.282 e. The summed E-state index contributed by atoms with van der Waals surface area (Å²) in [6, 6.07) is 15.5. The van der Waals surface area contributed by atoms with E-state index in [4.69, 9.17) is 9.51 Å². The van der Waals surface area contributed by atoms with Gasteiger partial charge in [0.1, 0.15) is 0 Å². The first-order valence-electron chi connectivity index (χ1n) is 9.79. The molecule has 6 nitrogen and oxygen atoms in total. The number of benzene rings is 2. The van der Waals surface area contributed by atoms with Crippen LogP contribution in [0.5, 0.6) is 0 Å². The van der Waals surface area contributed by atoms with Crippen molar-refractivity contribution in [3.63, 3.8) is 0 Å². The molecule has 0 radical (unpaired) electrons. The molecule has 4 aromatic rings. The Morgan fingerprint density at radius 2 is 1.81 bits per heavy atom. The molecule has 0 atom stereocenters. The van der Waals surface area contributed by atoms with E-state index in [0.29, 0.717) is 24.0 Å². The van der Waals surface area contributed by atoms with Crippen molar-refractivity contribution in [3.05, 3.63) is 65.4 Å². The zero-order valence-corrected chi connectivity index (χ0v) is 19.6. The molecule has 0 spiro atoms. The Labute approximate surface area is 191 Å². The zero-order valence-electron chi connectivity index (χ0n) is 18.0. The molecule has 0 saturated heterocycles. The van der Waals surface area contributed by atoms with Crippen molar-refractivity contribution in [2.75, 3.05) is 32.1 Å². The molecular weight excluding hydrogens is 432 g/mol. The van der Waals surface area contributed by atoms with Gasteiger partial charge in [-0.05, 0) is 45.1 Å². The average molecular weight is 457 g/mol. The van der Waals surface area contributed by atoms with Crippen LogP contribution < -0.4 is 4.90 Å². The van der Waals surface area contributed by atoms with E-state index >= 15 is 0 Å². The average Bonchev–Trinajstić information content (AvgIpc) is 3.36. The Balaban J connectivity index is 0.00000272. The third-order valence-electron chi connectivity index (χ3n) is 4.84. The monoisotopic (exact) mass is 456 g/mol. The summed E-state index contributed by atoms with van der Waals surface area (Å²) >= 11 is 1.54. The summed E-state index contributed by atoms with van der Waals surface area (Å²) < 4.78 is 6.55. The van der Waals surface area contributed by atoms with Gasteiger partial charge in [-0.2, -0.15) is 0 Å². The second kappa shape index (κ2) is 9.60. The fourth-order valence-corrected chi connectivity index (χ4v) is 4.36. The van der Waals surface area contributed by atoms with Gasteiger partial charge in [0, 0.05) is 24.7 Å². The van der Waals surface area contributed by atoms with Crippen LogP contribution in [0.2, 0.25) is 0 Å². The number of carbonyl (C=O) groups is 1. The number of carbonyl (C=O) groups excluding carboxylic acids is 1. The van der Waals surface area contributed by atoms with Crippen LogP contribution in [0.25, 0.3) is 21.5 Å². The van der Waals surface area contributed by atoms with Crippen molar-refractivity contribution in [3.8, 4) is 11.3 Å². The van der Waals surface area contributed by atoms with E-state index in [0.717, 1.165) is 21.3 Å². The number of likely N-dealkylation sites (N-methyl/N-ethyl adjacent to an activating group) is 1. The molecule has 0 aliphatic heterocycles. The van der Waals surface area contributed by atoms with Crippen molar-refractivity contribution in [2.45, 2.75) is 13.8 Å². The lowest BCUT2D eigenvalue weighted by molar-refractivity contribution is 0.0976. The number of halogens is 1. The maximum absolute atomic E-state index is 13.4. The van der Waals surface area contributed by atoms with Crippen LogP contribution in [-0.2, 0) is 0 Å². The SMILES string of the molecule is Cc1cc(C)c2sc(N(CCN(C)C)C(=O)c3cc(-c4ccccc4)on3)nc2c1.Cl. The van der Waals surface area contributed by atoms with Crippen molar-refractivity contribution < 1.29 is 9.32 Å². The van der Waals surface area contributed by atoms with E-state index < -0.39 is 0 Å². The summed E-state index contributed by atoms with van der Waals surface area (Å²) in [4.78, 5) is 21.9. The van der Waals surface area contributed by atoms with Gasteiger partial charge in [0.2, 0.25) is 0 Å². The minimum atomic E-state index is -0.212. The number of hydrogen-bond donors (Lipinski definition) is 0. The van der Waals surface area contributed by atoms with E-state index in [1.807, 2.05) is 49.3 Å². The zero-order chi connectivity index (χ0) is 21.3. The van der Waals surface area contributed by atoms with Gasteiger partial charge in [0.15, 0.2) is 16.6 Å². The number of thiazole rings is 1. The minimum absolute atomic E-state index is 0. The topological polar surface area (TPSA) is 62.5 Å². The lowest BCUT2D eigenvalue weighted by atomic mass is 10.1. The third kappa shape index (κ3) is 4.95. The predicted molar refractivity (Wildman–Crippen MR) is 129 cm³/mol. The molecule has 162 valence electrons. The first kappa shape index (κ1) is 22.9.